The Balaban J connectivity index is 1.76. The van der Waals surface area contributed by atoms with Gasteiger partial charge >= 0.3 is 6.03 Å². The number of furan rings is 1. The molecule has 0 unspecified atom stereocenters. The highest BCUT2D eigenvalue weighted by atomic mass is 16.3. The predicted molar refractivity (Wildman–Crippen MR) is 77.2 cm³/mol. The third-order valence-corrected chi connectivity index (χ3v) is 4.51. The molecule has 2 aliphatic rings. The van der Waals surface area contributed by atoms with E-state index in [1.54, 1.807) is 4.90 Å². The Morgan fingerprint density at radius 2 is 2.14 bits per heavy atom. The fourth-order valence-corrected chi connectivity index (χ4v) is 3.30. The molecule has 1 spiro atoms. The minimum atomic E-state index is -0.964. The molecule has 0 saturated carbocycles. The second kappa shape index (κ2) is 4.86. The summed E-state index contributed by atoms with van der Waals surface area (Å²) in [5.74, 6) is 0.755. The maximum absolute atomic E-state index is 12.7. The van der Waals surface area contributed by atoms with E-state index in [1.807, 2.05) is 26.8 Å². The number of carbonyl (C=O) groups is 3. The number of urea groups is 1. The number of hydrogen-bond donors (Lipinski definition) is 2. The van der Waals surface area contributed by atoms with Gasteiger partial charge < -0.3 is 14.6 Å². The molecule has 0 bridgehead atoms. The van der Waals surface area contributed by atoms with Crippen molar-refractivity contribution in [3.63, 3.8) is 0 Å². The molecule has 0 radical (unpaired) electrons. The van der Waals surface area contributed by atoms with Gasteiger partial charge in [-0.05, 0) is 33.3 Å². The molecular formula is C15H19N3O4. The van der Waals surface area contributed by atoms with Crippen molar-refractivity contribution in [1.29, 1.82) is 0 Å². The summed E-state index contributed by atoms with van der Waals surface area (Å²) in [4.78, 5) is 37.6. The number of nitrogens with zero attached hydrogens (tertiary/aromatic N) is 1. The number of carbonyl (C=O) groups excluding carboxylic acids is 3. The molecule has 0 aliphatic carbocycles. The van der Waals surface area contributed by atoms with Gasteiger partial charge in [0.1, 0.15) is 17.1 Å². The summed E-state index contributed by atoms with van der Waals surface area (Å²) in [6, 6.07) is 1.38. The van der Waals surface area contributed by atoms with Gasteiger partial charge in [-0.2, -0.15) is 0 Å². The molecule has 22 heavy (non-hydrogen) atoms. The standard InChI is InChI=1S/C15H19N3O4/c1-8-6-11(10(3)22-8)9(2)12(19)18-5-4-15(7-18)13(20)16-14(21)17-15/h6,9H,4-5,7H2,1-3H3,(H2,16,17,20,21)/t9-,15-/m1/s1. The first-order valence-electron chi connectivity index (χ1n) is 7.32. The summed E-state index contributed by atoms with van der Waals surface area (Å²) in [5.41, 5.74) is -0.100. The van der Waals surface area contributed by atoms with E-state index >= 15 is 0 Å². The quantitative estimate of drug-likeness (QED) is 0.791. The van der Waals surface area contributed by atoms with Gasteiger partial charge in [-0.25, -0.2) is 4.79 Å². The molecular weight excluding hydrogens is 286 g/mol. The van der Waals surface area contributed by atoms with Crippen molar-refractivity contribution in [3.8, 4) is 0 Å². The van der Waals surface area contributed by atoms with Gasteiger partial charge in [0.15, 0.2) is 0 Å². The average Bonchev–Trinajstić information content (AvgIpc) is 3.08. The molecule has 7 heteroatoms. The van der Waals surface area contributed by atoms with Crippen LogP contribution in [0.4, 0.5) is 4.79 Å². The van der Waals surface area contributed by atoms with Gasteiger partial charge in [0.25, 0.3) is 5.91 Å². The van der Waals surface area contributed by atoms with E-state index in [2.05, 4.69) is 10.6 Å². The van der Waals surface area contributed by atoms with Gasteiger partial charge in [-0.3, -0.25) is 14.9 Å². The second-order valence-corrected chi connectivity index (χ2v) is 6.09. The van der Waals surface area contributed by atoms with Crippen LogP contribution in [0.5, 0.6) is 0 Å². The molecule has 2 fully saturated rings. The number of nitrogens with one attached hydrogen (secondary N) is 2. The van der Waals surface area contributed by atoms with Crippen molar-refractivity contribution in [2.24, 2.45) is 0 Å². The molecule has 2 N–H and O–H groups in total. The molecule has 1 aromatic heterocycles. The summed E-state index contributed by atoms with van der Waals surface area (Å²) < 4.78 is 5.48. The third kappa shape index (κ3) is 2.17. The Bertz CT molecular complexity index is 666. The molecule has 2 aliphatic heterocycles. The molecule has 4 amide bonds. The van der Waals surface area contributed by atoms with E-state index in [0.717, 1.165) is 17.1 Å². The number of rotatable bonds is 2. The first-order valence-corrected chi connectivity index (χ1v) is 7.32. The summed E-state index contributed by atoms with van der Waals surface area (Å²) in [7, 11) is 0. The zero-order valence-electron chi connectivity index (χ0n) is 12.9. The Morgan fingerprint density at radius 3 is 2.68 bits per heavy atom. The van der Waals surface area contributed by atoms with Crippen LogP contribution in [0.1, 0.15) is 36.3 Å². The van der Waals surface area contributed by atoms with E-state index in [4.69, 9.17) is 4.42 Å². The average molecular weight is 305 g/mol. The fraction of sp³-hybridized carbons (Fsp3) is 0.533. The van der Waals surface area contributed by atoms with Crippen molar-refractivity contribution in [3.05, 3.63) is 23.2 Å². The maximum atomic E-state index is 12.7. The molecule has 3 rings (SSSR count). The summed E-state index contributed by atoms with van der Waals surface area (Å²) in [5, 5.41) is 4.89. The second-order valence-electron chi connectivity index (χ2n) is 6.09. The highest BCUT2D eigenvalue weighted by Crippen LogP contribution is 2.30. The van der Waals surface area contributed by atoms with Crippen molar-refractivity contribution in [2.75, 3.05) is 13.1 Å². The highest BCUT2D eigenvalue weighted by Gasteiger charge is 2.52. The highest BCUT2D eigenvalue weighted by molar-refractivity contribution is 6.07. The Morgan fingerprint density at radius 1 is 1.41 bits per heavy atom. The van der Waals surface area contributed by atoms with Crippen LogP contribution in [-0.2, 0) is 9.59 Å². The number of amides is 4. The first-order chi connectivity index (χ1) is 10.3. The SMILES string of the molecule is Cc1cc([C@@H](C)C(=O)N2CC[C@]3(C2)NC(=O)NC3=O)c(C)o1. The van der Waals surface area contributed by atoms with Crippen LogP contribution in [0.15, 0.2) is 10.5 Å². The molecule has 1 aromatic rings. The smallest absolute Gasteiger partial charge is 0.322 e. The molecule has 2 saturated heterocycles. The predicted octanol–water partition coefficient (Wildman–Crippen LogP) is 0.810. The fourth-order valence-electron chi connectivity index (χ4n) is 3.30. The van der Waals surface area contributed by atoms with Crippen LogP contribution < -0.4 is 10.6 Å². The first kappa shape index (κ1) is 14.6. The molecule has 3 heterocycles. The van der Waals surface area contributed by atoms with Crippen LogP contribution in [0.3, 0.4) is 0 Å². The maximum Gasteiger partial charge on any atom is 0.322 e. The van der Waals surface area contributed by atoms with Gasteiger partial charge in [-0.1, -0.05) is 0 Å². The lowest BCUT2D eigenvalue weighted by Crippen LogP contribution is -2.50. The van der Waals surface area contributed by atoms with Crippen molar-refractivity contribution in [2.45, 2.75) is 38.6 Å². The van der Waals surface area contributed by atoms with Crippen LogP contribution in [0, 0.1) is 13.8 Å². The minimum absolute atomic E-state index is 0.0604. The molecule has 2 atom stereocenters. The zero-order chi connectivity index (χ0) is 16.1. The Kier molecular flexibility index (Phi) is 3.23. The lowest BCUT2D eigenvalue weighted by atomic mass is 9.98. The Hall–Kier alpha value is -2.31. The van der Waals surface area contributed by atoms with E-state index < -0.39 is 11.6 Å². The summed E-state index contributed by atoms with van der Waals surface area (Å²) >= 11 is 0. The van der Waals surface area contributed by atoms with Gasteiger partial charge in [0.2, 0.25) is 5.91 Å². The van der Waals surface area contributed by atoms with Crippen LogP contribution in [0.25, 0.3) is 0 Å². The van der Waals surface area contributed by atoms with Gasteiger partial charge in [-0.15, -0.1) is 0 Å². The third-order valence-electron chi connectivity index (χ3n) is 4.51. The summed E-state index contributed by atoms with van der Waals surface area (Å²) in [6.45, 7) is 6.17. The van der Waals surface area contributed by atoms with Gasteiger partial charge in [0, 0.05) is 12.1 Å². The lowest BCUT2D eigenvalue weighted by Gasteiger charge is -2.23. The topological polar surface area (TPSA) is 91.7 Å². The Labute approximate surface area is 128 Å². The van der Waals surface area contributed by atoms with Crippen LogP contribution >= 0.6 is 0 Å². The minimum Gasteiger partial charge on any atom is -0.466 e. The largest absolute Gasteiger partial charge is 0.466 e. The van der Waals surface area contributed by atoms with Crippen LogP contribution in [0.2, 0.25) is 0 Å². The van der Waals surface area contributed by atoms with Crippen LogP contribution in [-0.4, -0.2) is 41.4 Å². The zero-order valence-corrected chi connectivity index (χ0v) is 12.9. The number of imide groups is 1. The normalized spacial score (nSPS) is 25.5. The van der Waals surface area contributed by atoms with Gasteiger partial charge in [0.05, 0.1) is 12.5 Å². The lowest BCUT2D eigenvalue weighted by molar-refractivity contribution is -0.132. The number of hydrogen-bond acceptors (Lipinski definition) is 4. The number of aryl methyl sites for hydroxylation is 2. The molecule has 0 aromatic carbocycles. The van der Waals surface area contributed by atoms with E-state index in [-0.39, 0.29) is 24.3 Å². The van der Waals surface area contributed by atoms with Crippen molar-refractivity contribution in [1.82, 2.24) is 15.5 Å². The molecule has 7 nitrogen and oxygen atoms in total. The van der Waals surface area contributed by atoms with E-state index in [9.17, 15) is 14.4 Å². The summed E-state index contributed by atoms with van der Waals surface area (Å²) in [6.07, 6.45) is 0.437. The van der Waals surface area contributed by atoms with E-state index in [1.165, 1.54) is 0 Å². The van der Waals surface area contributed by atoms with E-state index in [0.29, 0.717) is 13.0 Å². The van der Waals surface area contributed by atoms with Crippen molar-refractivity contribution >= 4 is 17.8 Å². The monoisotopic (exact) mass is 305 g/mol. The molecule has 118 valence electrons. The van der Waals surface area contributed by atoms with Crippen molar-refractivity contribution < 1.29 is 18.8 Å². The number of likely N-dealkylation sites (tertiary alicyclic amines) is 1.